The molecule has 0 atom stereocenters. The number of amides is 1. The zero-order valence-electron chi connectivity index (χ0n) is 11.9. The van der Waals surface area contributed by atoms with E-state index < -0.39 is 0 Å². The van der Waals surface area contributed by atoms with E-state index in [-0.39, 0.29) is 5.54 Å². The monoisotopic (exact) mass is 240 g/mol. The first-order valence-corrected chi connectivity index (χ1v) is 6.94. The molecular weight excluding hydrogens is 212 g/mol. The molecule has 0 aromatic rings. The quantitative estimate of drug-likeness (QED) is 0.800. The summed E-state index contributed by atoms with van der Waals surface area (Å²) in [5.74, 6) is 1.05. The average Bonchev–Trinajstić information content (AvgIpc) is 2.36. The molecule has 0 bridgehead atoms. The minimum atomic E-state index is -0.00873. The second kappa shape index (κ2) is 6.39. The Labute approximate surface area is 106 Å². The lowest BCUT2D eigenvalue weighted by Crippen LogP contribution is -2.44. The first-order valence-electron chi connectivity index (χ1n) is 6.94. The highest BCUT2D eigenvalue weighted by Crippen LogP contribution is 2.21. The van der Waals surface area contributed by atoms with E-state index in [0.29, 0.717) is 12.3 Å². The van der Waals surface area contributed by atoms with Crippen molar-refractivity contribution in [3.8, 4) is 0 Å². The van der Waals surface area contributed by atoms with Crippen LogP contribution in [0.15, 0.2) is 0 Å². The van der Waals surface area contributed by atoms with Gasteiger partial charge in [-0.15, -0.1) is 0 Å². The fourth-order valence-corrected chi connectivity index (χ4v) is 2.24. The molecule has 1 heterocycles. The van der Waals surface area contributed by atoms with Crippen molar-refractivity contribution in [1.82, 2.24) is 10.2 Å². The van der Waals surface area contributed by atoms with Crippen molar-refractivity contribution < 1.29 is 4.79 Å². The molecule has 3 nitrogen and oxygen atoms in total. The van der Waals surface area contributed by atoms with Crippen molar-refractivity contribution in [2.24, 2.45) is 5.92 Å². The molecule has 1 aliphatic rings. The van der Waals surface area contributed by atoms with Crippen LogP contribution in [0.1, 0.15) is 52.9 Å². The van der Waals surface area contributed by atoms with E-state index in [1.165, 1.54) is 12.8 Å². The Balaban J connectivity index is 2.33. The predicted octanol–water partition coefficient (Wildman–Crippen LogP) is 2.41. The molecule has 0 aromatic carbocycles. The van der Waals surface area contributed by atoms with Crippen LogP contribution in [0.3, 0.4) is 0 Å². The second-order valence-corrected chi connectivity index (χ2v) is 5.85. The molecule has 3 heteroatoms. The number of rotatable bonds is 5. The third kappa shape index (κ3) is 4.30. The molecule has 0 spiro atoms. The van der Waals surface area contributed by atoms with Gasteiger partial charge in [-0.3, -0.25) is 4.79 Å². The number of hydrogen-bond acceptors (Lipinski definition) is 2. The second-order valence-electron chi connectivity index (χ2n) is 5.85. The SMILES string of the molecule is CCC(C)(C)N(C)C(=O)CCC1CCNCC1. The van der Waals surface area contributed by atoms with Crippen molar-refractivity contribution in [1.29, 1.82) is 0 Å². The standard InChI is InChI=1S/C14H28N2O/c1-5-14(2,3)16(4)13(17)7-6-12-8-10-15-11-9-12/h12,15H,5-11H2,1-4H3. The maximum Gasteiger partial charge on any atom is 0.222 e. The van der Waals surface area contributed by atoms with Crippen molar-refractivity contribution in [3.63, 3.8) is 0 Å². The lowest BCUT2D eigenvalue weighted by molar-refractivity contribution is -0.135. The van der Waals surface area contributed by atoms with E-state index in [1.54, 1.807) is 0 Å². The number of nitrogens with one attached hydrogen (secondary N) is 1. The van der Waals surface area contributed by atoms with Gasteiger partial charge in [0.15, 0.2) is 0 Å². The third-order valence-electron chi connectivity index (χ3n) is 4.37. The van der Waals surface area contributed by atoms with Crippen LogP contribution < -0.4 is 5.32 Å². The first kappa shape index (κ1) is 14.5. The Kier molecular flexibility index (Phi) is 5.44. The number of carbonyl (C=O) groups is 1. The summed E-state index contributed by atoms with van der Waals surface area (Å²) < 4.78 is 0. The van der Waals surface area contributed by atoms with Crippen LogP contribution in [0.2, 0.25) is 0 Å². The van der Waals surface area contributed by atoms with E-state index in [2.05, 4.69) is 26.1 Å². The lowest BCUT2D eigenvalue weighted by atomic mass is 9.92. The maximum absolute atomic E-state index is 12.1. The van der Waals surface area contributed by atoms with E-state index in [4.69, 9.17) is 0 Å². The van der Waals surface area contributed by atoms with Crippen molar-refractivity contribution in [3.05, 3.63) is 0 Å². The summed E-state index contributed by atoms with van der Waals surface area (Å²) in [4.78, 5) is 14.0. The molecule has 1 amide bonds. The Morgan fingerprint density at radius 3 is 2.47 bits per heavy atom. The van der Waals surface area contributed by atoms with Crippen LogP contribution in [-0.2, 0) is 4.79 Å². The number of carbonyl (C=O) groups excluding carboxylic acids is 1. The van der Waals surface area contributed by atoms with Crippen LogP contribution in [0, 0.1) is 5.92 Å². The highest BCUT2D eigenvalue weighted by Gasteiger charge is 2.25. The lowest BCUT2D eigenvalue weighted by Gasteiger charge is -2.35. The normalized spacial score (nSPS) is 18.1. The maximum atomic E-state index is 12.1. The smallest absolute Gasteiger partial charge is 0.222 e. The summed E-state index contributed by atoms with van der Waals surface area (Å²) in [6.45, 7) is 8.64. The highest BCUT2D eigenvalue weighted by molar-refractivity contribution is 5.76. The summed E-state index contributed by atoms with van der Waals surface area (Å²) in [6.07, 6.45) is 5.24. The molecule has 0 aliphatic carbocycles. The van der Waals surface area contributed by atoms with E-state index in [9.17, 15) is 4.79 Å². The van der Waals surface area contributed by atoms with E-state index >= 15 is 0 Å². The summed E-state index contributed by atoms with van der Waals surface area (Å²) in [7, 11) is 1.94. The summed E-state index contributed by atoms with van der Waals surface area (Å²) in [5.41, 5.74) is -0.00873. The summed E-state index contributed by atoms with van der Waals surface area (Å²) in [5, 5.41) is 3.36. The molecule has 0 aromatic heterocycles. The van der Waals surface area contributed by atoms with Crippen LogP contribution in [0.4, 0.5) is 0 Å². The van der Waals surface area contributed by atoms with Crippen molar-refractivity contribution >= 4 is 5.91 Å². The molecule has 1 rings (SSSR count). The fraction of sp³-hybridized carbons (Fsp3) is 0.929. The third-order valence-corrected chi connectivity index (χ3v) is 4.37. The molecule has 100 valence electrons. The topological polar surface area (TPSA) is 32.3 Å². The minimum Gasteiger partial charge on any atom is -0.341 e. The average molecular weight is 240 g/mol. The van der Waals surface area contributed by atoms with Gasteiger partial charge >= 0.3 is 0 Å². The van der Waals surface area contributed by atoms with Gasteiger partial charge in [0, 0.05) is 19.0 Å². The molecule has 0 saturated carbocycles. The van der Waals surface area contributed by atoms with Gasteiger partial charge in [0.2, 0.25) is 5.91 Å². The van der Waals surface area contributed by atoms with Gasteiger partial charge < -0.3 is 10.2 Å². The summed E-state index contributed by atoms with van der Waals surface area (Å²) >= 11 is 0. The highest BCUT2D eigenvalue weighted by atomic mass is 16.2. The fourth-order valence-electron chi connectivity index (χ4n) is 2.24. The van der Waals surface area contributed by atoms with Crippen LogP contribution in [-0.4, -0.2) is 36.5 Å². The Hall–Kier alpha value is -0.570. The van der Waals surface area contributed by atoms with Crippen LogP contribution in [0.5, 0.6) is 0 Å². The minimum absolute atomic E-state index is 0.00873. The molecular formula is C14H28N2O. The molecule has 1 aliphatic heterocycles. The van der Waals surface area contributed by atoms with Crippen LogP contribution in [0.25, 0.3) is 0 Å². The van der Waals surface area contributed by atoms with Gasteiger partial charge in [-0.05, 0) is 58.5 Å². The largest absolute Gasteiger partial charge is 0.341 e. The molecule has 1 N–H and O–H groups in total. The van der Waals surface area contributed by atoms with Gasteiger partial charge in [-0.1, -0.05) is 6.92 Å². The zero-order valence-corrected chi connectivity index (χ0v) is 11.9. The first-order chi connectivity index (χ1) is 7.97. The van der Waals surface area contributed by atoms with Crippen LogP contribution >= 0.6 is 0 Å². The van der Waals surface area contributed by atoms with E-state index in [0.717, 1.165) is 31.8 Å². The van der Waals surface area contributed by atoms with Gasteiger partial charge in [0.25, 0.3) is 0 Å². The molecule has 1 fully saturated rings. The molecule has 1 saturated heterocycles. The number of hydrogen-bond donors (Lipinski definition) is 1. The van der Waals surface area contributed by atoms with E-state index in [1.807, 2.05) is 11.9 Å². The Morgan fingerprint density at radius 1 is 1.35 bits per heavy atom. The van der Waals surface area contributed by atoms with Crippen molar-refractivity contribution in [2.45, 2.75) is 58.4 Å². The number of piperidine rings is 1. The van der Waals surface area contributed by atoms with Gasteiger partial charge in [0.1, 0.15) is 0 Å². The predicted molar refractivity (Wildman–Crippen MR) is 72.0 cm³/mol. The Bertz CT molecular complexity index is 245. The molecule has 17 heavy (non-hydrogen) atoms. The van der Waals surface area contributed by atoms with Gasteiger partial charge in [0.05, 0.1) is 0 Å². The van der Waals surface area contributed by atoms with Crippen molar-refractivity contribution in [2.75, 3.05) is 20.1 Å². The number of nitrogens with zero attached hydrogens (tertiary/aromatic N) is 1. The van der Waals surface area contributed by atoms with Gasteiger partial charge in [-0.25, -0.2) is 0 Å². The van der Waals surface area contributed by atoms with Gasteiger partial charge in [-0.2, -0.15) is 0 Å². The summed E-state index contributed by atoms with van der Waals surface area (Å²) in [6, 6.07) is 0. The zero-order chi connectivity index (χ0) is 12.9. The molecule has 0 radical (unpaired) electrons. The Morgan fingerprint density at radius 2 is 1.94 bits per heavy atom. The molecule has 0 unspecified atom stereocenters.